The van der Waals surface area contributed by atoms with Crippen molar-refractivity contribution in [3.63, 3.8) is 0 Å². The van der Waals surface area contributed by atoms with Crippen LogP contribution in [0.25, 0.3) is 5.65 Å². The highest BCUT2D eigenvalue weighted by atomic mass is 16.1. The number of H-pyrrole nitrogens is 1. The molecule has 1 N–H and O–H groups in total. The van der Waals surface area contributed by atoms with E-state index in [9.17, 15) is 4.79 Å². The van der Waals surface area contributed by atoms with Gasteiger partial charge in [0.1, 0.15) is 17.5 Å². The van der Waals surface area contributed by atoms with Gasteiger partial charge in [0, 0.05) is 12.5 Å². The van der Waals surface area contributed by atoms with E-state index in [0.29, 0.717) is 11.3 Å². The summed E-state index contributed by atoms with van der Waals surface area (Å²) in [6, 6.07) is 3.37. The SMILES string of the molecule is CCCCCCCc1nc2cc(=O)c(C#N)c(C)n2[nH]1. The van der Waals surface area contributed by atoms with Crippen molar-refractivity contribution in [3.05, 3.63) is 33.4 Å². The van der Waals surface area contributed by atoms with Crippen LogP contribution in [-0.2, 0) is 6.42 Å². The molecular formula is C15H20N4O. The number of nitrogens with one attached hydrogen (secondary N) is 1. The Labute approximate surface area is 118 Å². The van der Waals surface area contributed by atoms with E-state index in [0.717, 1.165) is 18.7 Å². The molecule has 0 spiro atoms. The molecule has 0 aliphatic heterocycles. The van der Waals surface area contributed by atoms with Crippen molar-refractivity contribution in [3.8, 4) is 6.07 Å². The maximum absolute atomic E-state index is 11.7. The summed E-state index contributed by atoms with van der Waals surface area (Å²) in [6.07, 6.45) is 6.94. The normalized spacial score (nSPS) is 10.8. The first-order valence-electron chi connectivity index (χ1n) is 7.18. The van der Waals surface area contributed by atoms with Crippen molar-refractivity contribution in [2.75, 3.05) is 0 Å². The van der Waals surface area contributed by atoms with Gasteiger partial charge in [-0.15, -0.1) is 0 Å². The summed E-state index contributed by atoms with van der Waals surface area (Å²) in [5.41, 5.74) is 1.14. The van der Waals surface area contributed by atoms with Crippen LogP contribution in [0.3, 0.4) is 0 Å². The Bertz CT molecular complexity index is 690. The number of pyridine rings is 1. The van der Waals surface area contributed by atoms with Crippen molar-refractivity contribution in [1.82, 2.24) is 14.6 Å². The molecule has 2 heterocycles. The van der Waals surface area contributed by atoms with Crippen LogP contribution in [0.1, 0.15) is 56.1 Å². The fraction of sp³-hybridized carbons (Fsp3) is 0.533. The topological polar surface area (TPSA) is 73.9 Å². The lowest BCUT2D eigenvalue weighted by atomic mass is 10.1. The van der Waals surface area contributed by atoms with Gasteiger partial charge in [-0.25, -0.2) is 9.50 Å². The van der Waals surface area contributed by atoms with E-state index in [1.165, 1.54) is 31.7 Å². The van der Waals surface area contributed by atoms with Crippen LogP contribution >= 0.6 is 0 Å². The molecule has 0 amide bonds. The first-order valence-corrected chi connectivity index (χ1v) is 7.18. The first kappa shape index (κ1) is 14.3. The smallest absolute Gasteiger partial charge is 0.201 e. The molecule has 0 saturated carbocycles. The Balaban J connectivity index is 2.16. The zero-order valence-corrected chi connectivity index (χ0v) is 12.1. The van der Waals surface area contributed by atoms with Gasteiger partial charge in [-0.3, -0.25) is 9.89 Å². The molecule has 0 radical (unpaired) electrons. The van der Waals surface area contributed by atoms with Crippen molar-refractivity contribution in [2.24, 2.45) is 0 Å². The predicted molar refractivity (Wildman–Crippen MR) is 77.7 cm³/mol. The molecule has 0 unspecified atom stereocenters. The van der Waals surface area contributed by atoms with Crippen LogP contribution in [0, 0.1) is 18.3 Å². The van der Waals surface area contributed by atoms with E-state index < -0.39 is 0 Å². The van der Waals surface area contributed by atoms with Crippen LogP contribution in [0.2, 0.25) is 0 Å². The summed E-state index contributed by atoms with van der Waals surface area (Å²) in [6.45, 7) is 3.96. The third kappa shape index (κ3) is 2.90. The Kier molecular flexibility index (Phi) is 4.57. The van der Waals surface area contributed by atoms with E-state index in [2.05, 4.69) is 17.0 Å². The number of unbranched alkanes of at least 4 members (excludes halogenated alkanes) is 4. The molecule has 2 aromatic rings. The van der Waals surface area contributed by atoms with Gasteiger partial charge in [0.05, 0.1) is 5.69 Å². The summed E-state index contributed by atoms with van der Waals surface area (Å²) in [4.78, 5) is 16.2. The highest BCUT2D eigenvalue weighted by Crippen LogP contribution is 2.10. The molecule has 106 valence electrons. The monoisotopic (exact) mass is 272 g/mol. The van der Waals surface area contributed by atoms with Gasteiger partial charge in [-0.2, -0.15) is 5.26 Å². The maximum Gasteiger partial charge on any atom is 0.201 e. The molecule has 0 aliphatic carbocycles. The van der Waals surface area contributed by atoms with E-state index in [1.54, 1.807) is 11.4 Å². The van der Waals surface area contributed by atoms with E-state index in [-0.39, 0.29) is 11.0 Å². The fourth-order valence-corrected chi connectivity index (χ4v) is 2.38. The van der Waals surface area contributed by atoms with Crippen LogP contribution < -0.4 is 5.43 Å². The van der Waals surface area contributed by atoms with Crippen molar-refractivity contribution >= 4 is 5.65 Å². The minimum Gasteiger partial charge on any atom is -0.288 e. The molecule has 2 aromatic heterocycles. The van der Waals surface area contributed by atoms with Crippen molar-refractivity contribution in [2.45, 2.75) is 52.4 Å². The number of nitriles is 1. The lowest BCUT2D eigenvalue weighted by molar-refractivity contribution is 0.622. The Morgan fingerprint density at radius 2 is 2.10 bits per heavy atom. The maximum atomic E-state index is 11.7. The number of aromatic amines is 1. The van der Waals surface area contributed by atoms with Crippen molar-refractivity contribution in [1.29, 1.82) is 5.26 Å². The van der Waals surface area contributed by atoms with Crippen molar-refractivity contribution < 1.29 is 0 Å². The molecule has 0 saturated heterocycles. The van der Waals surface area contributed by atoms with E-state index >= 15 is 0 Å². The first-order chi connectivity index (χ1) is 9.67. The zero-order chi connectivity index (χ0) is 14.5. The third-order valence-electron chi connectivity index (χ3n) is 3.55. The Morgan fingerprint density at radius 1 is 1.35 bits per heavy atom. The fourth-order valence-electron chi connectivity index (χ4n) is 2.38. The molecule has 0 atom stereocenters. The second-order valence-electron chi connectivity index (χ2n) is 5.11. The van der Waals surface area contributed by atoms with Crippen LogP contribution in [-0.4, -0.2) is 14.6 Å². The van der Waals surface area contributed by atoms with Gasteiger partial charge in [0.25, 0.3) is 0 Å². The Hall–Kier alpha value is -2.09. The molecule has 5 nitrogen and oxygen atoms in total. The number of rotatable bonds is 6. The summed E-state index contributed by atoms with van der Waals surface area (Å²) in [7, 11) is 0. The predicted octanol–water partition coefficient (Wildman–Crippen LogP) is 2.72. The lowest BCUT2D eigenvalue weighted by Crippen LogP contribution is -2.11. The van der Waals surface area contributed by atoms with Gasteiger partial charge in [-0.05, 0) is 13.3 Å². The number of aryl methyl sites for hydroxylation is 2. The molecular weight excluding hydrogens is 252 g/mol. The molecule has 0 bridgehead atoms. The van der Waals surface area contributed by atoms with Crippen LogP contribution in [0.15, 0.2) is 10.9 Å². The molecule has 2 rings (SSSR count). The number of aromatic nitrogens is 3. The summed E-state index contributed by atoms with van der Waals surface area (Å²) >= 11 is 0. The van der Waals surface area contributed by atoms with Gasteiger partial charge in [0.2, 0.25) is 5.43 Å². The highest BCUT2D eigenvalue weighted by Gasteiger charge is 2.10. The third-order valence-corrected chi connectivity index (χ3v) is 3.55. The Morgan fingerprint density at radius 3 is 2.80 bits per heavy atom. The molecule has 0 fully saturated rings. The molecule has 20 heavy (non-hydrogen) atoms. The summed E-state index contributed by atoms with van der Waals surface area (Å²) in [5.74, 6) is 0.874. The van der Waals surface area contributed by atoms with Gasteiger partial charge < -0.3 is 0 Å². The highest BCUT2D eigenvalue weighted by molar-refractivity contribution is 5.45. The van der Waals surface area contributed by atoms with Gasteiger partial charge in [0.15, 0.2) is 5.65 Å². The van der Waals surface area contributed by atoms with E-state index in [4.69, 9.17) is 5.26 Å². The quantitative estimate of drug-likeness (QED) is 0.822. The number of fused-ring (bicyclic) bond motifs is 1. The lowest BCUT2D eigenvalue weighted by Gasteiger charge is -2.00. The largest absolute Gasteiger partial charge is 0.288 e. The van der Waals surface area contributed by atoms with Gasteiger partial charge in [-0.1, -0.05) is 32.6 Å². The number of hydrogen-bond donors (Lipinski definition) is 1. The minimum atomic E-state index is -0.258. The van der Waals surface area contributed by atoms with Crippen LogP contribution in [0.4, 0.5) is 0 Å². The summed E-state index contributed by atoms with van der Waals surface area (Å²) in [5, 5.41) is 12.2. The minimum absolute atomic E-state index is 0.181. The number of nitrogens with zero attached hydrogens (tertiary/aromatic N) is 3. The standard InChI is InChI=1S/C15H20N4O/c1-3-4-5-6-7-8-14-17-15-9-13(20)12(10-16)11(2)19(15)18-14/h9H,3-8H2,1-2H3,(H,17,18). The average Bonchev–Trinajstić information content (AvgIpc) is 2.82. The second-order valence-corrected chi connectivity index (χ2v) is 5.11. The second kappa shape index (κ2) is 6.38. The molecule has 5 heteroatoms. The number of hydrogen-bond acceptors (Lipinski definition) is 3. The van der Waals surface area contributed by atoms with E-state index in [1.807, 2.05) is 6.07 Å². The molecule has 0 aromatic carbocycles. The summed E-state index contributed by atoms with van der Waals surface area (Å²) < 4.78 is 1.72. The van der Waals surface area contributed by atoms with Gasteiger partial charge >= 0.3 is 0 Å². The zero-order valence-electron chi connectivity index (χ0n) is 12.1. The van der Waals surface area contributed by atoms with Crippen LogP contribution in [0.5, 0.6) is 0 Å². The average molecular weight is 272 g/mol. The molecule has 0 aliphatic rings.